The minimum atomic E-state index is -0.607. The minimum Gasteiger partial charge on any atom is -0.491 e. The standard InChI is InChI=1S/C24H26ClFN6O2/c1-14(2)32-10-5-11-34-20-9-8-15(12-19(20)32)29-24-28-13-17(25)22(31-24)30-21-16(23(33)27-3)6-4-7-18(21)26/h4,6-9,12-14H,5,10-11H2,1-3H3,(H,27,33)(H2,28,29,30,31). The van der Waals surface area contributed by atoms with Crippen molar-refractivity contribution >= 4 is 46.3 Å². The van der Waals surface area contributed by atoms with Crippen molar-refractivity contribution in [1.29, 1.82) is 0 Å². The second-order valence-corrected chi connectivity index (χ2v) is 8.46. The number of carbonyl (C=O) groups is 1. The van der Waals surface area contributed by atoms with Gasteiger partial charge in [-0.2, -0.15) is 4.98 Å². The monoisotopic (exact) mass is 484 g/mol. The molecule has 0 bridgehead atoms. The number of hydrogen-bond acceptors (Lipinski definition) is 7. The molecular weight excluding hydrogens is 459 g/mol. The number of nitrogens with one attached hydrogen (secondary N) is 3. The minimum absolute atomic E-state index is 0.0249. The third-order valence-electron chi connectivity index (χ3n) is 5.42. The van der Waals surface area contributed by atoms with Gasteiger partial charge in [0.05, 0.1) is 29.7 Å². The molecule has 10 heteroatoms. The molecule has 1 aliphatic heterocycles. The second-order valence-electron chi connectivity index (χ2n) is 8.05. The Labute approximate surface area is 202 Å². The molecule has 3 N–H and O–H groups in total. The Morgan fingerprint density at radius 1 is 1.24 bits per heavy atom. The van der Waals surface area contributed by atoms with E-state index >= 15 is 0 Å². The van der Waals surface area contributed by atoms with Crippen molar-refractivity contribution in [2.75, 3.05) is 35.7 Å². The average molecular weight is 485 g/mol. The quantitative estimate of drug-likeness (QED) is 0.447. The van der Waals surface area contributed by atoms with Crippen molar-refractivity contribution in [3.8, 4) is 5.75 Å². The summed E-state index contributed by atoms with van der Waals surface area (Å²) in [6, 6.07) is 10.3. The Morgan fingerprint density at radius 3 is 2.82 bits per heavy atom. The topological polar surface area (TPSA) is 91.4 Å². The summed E-state index contributed by atoms with van der Waals surface area (Å²) in [6.45, 7) is 5.86. The van der Waals surface area contributed by atoms with E-state index in [1.54, 1.807) is 0 Å². The zero-order chi connectivity index (χ0) is 24.2. The van der Waals surface area contributed by atoms with Crippen LogP contribution in [-0.2, 0) is 0 Å². The number of nitrogens with zero attached hydrogens (tertiary/aromatic N) is 3. The zero-order valence-electron chi connectivity index (χ0n) is 19.2. The lowest BCUT2D eigenvalue weighted by Gasteiger charge is -2.28. The van der Waals surface area contributed by atoms with Gasteiger partial charge >= 0.3 is 0 Å². The maximum absolute atomic E-state index is 14.5. The van der Waals surface area contributed by atoms with Crippen LogP contribution in [0.5, 0.6) is 5.75 Å². The fourth-order valence-corrected chi connectivity index (χ4v) is 3.89. The third kappa shape index (κ3) is 4.99. The average Bonchev–Trinajstić information content (AvgIpc) is 3.04. The van der Waals surface area contributed by atoms with E-state index in [9.17, 15) is 9.18 Å². The Bertz CT molecular complexity index is 1210. The van der Waals surface area contributed by atoms with Crippen LogP contribution in [0.4, 0.5) is 33.2 Å². The predicted molar refractivity (Wildman–Crippen MR) is 132 cm³/mol. The van der Waals surface area contributed by atoms with Crippen molar-refractivity contribution in [2.45, 2.75) is 26.3 Å². The fraction of sp³-hybridized carbons (Fsp3) is 0.292. The predicted octanol–water partition coefficient (Wildman–Crippen LogP) is 5.11. The van der Waals surface area contributed by atoms with Crippen LogP contribution >= 0.6 is 11.6 Å². The zero-order valence-corrected chi connectivity index (χ0v) is 19.9. The molecule has 0 unspecified atom stereocenters. The highest BCUT2D eigenvalue weighted by Gasteiger charge is 2.20. The molecule has 2 heterocycles. The lowest BCUT2D eigenvalue weighted by Crippen LogP contribution is -2.31. The molecule has 1 aliphatic rings. The van der Waals surface area contributed by atoms with Gasteiger partial charge in [0.25, 0.3) is 5.91 Å². The smallest absolute Gasteiger partial charge is 0.253 e. The number of aromatic nitrogens is 2. The fourth-order valence-electron chi connectivity index (χ4n) is 3.75. The summed E-state index contributed by atoms with van der Waals surface area (Å²) in [5.74, 6) is 0.210. The molecule has 178 valence electrons. The molecule has 34 heavy (non-hydrogen) atoms. The van der Waals surface area contributed by atoms with Crippen LogP contribution < -0.4 is 25.6 Å². The van der Waals surface area contributed by atoms with Gasteiger partial charge in [-0.3, -0.25) is 4.79 Å². The lowest BCUT2D eigenvalue weighted by molar-refractivity contribution is 0.0963. The first kappa shape index (κ1) is 23.6. The van der Waals surface area contributed by atoms with E-state index in [1.807, 2.05) is 18.2 Å². The molecule has 4 rings (SSSR count). The van der Waals surface area contributed by atoms with E-state index in [2.05, 4.69) is 44.7 Å². The highest BCUT2D eigenvalue weighted by molar-refractivity contribution is 6.33. The number of benzene rings is 2. The molecule has 0 aliphatic carbocycles. The maximum atomic E-state index is 14.5. The van der Waals surface area contributed by atoms with Gasteiger partial charge in [0.1, 0.15) is 16.6 Å². The van der Waals surface area contributed by atoms with Crippen LogP contribution in [0.25, 0.3) is 0 Å². The Morgan fingerprint density at radius 2 is 2.06 bits per heavy atom. The molecule has 0 fully saturated rings. The molecule has 0 radical (unpaired) electrons. The number of carbonyl (C=O) groups excluding carboxylic acids is 1. The largest absolute Gasteiger partial charge is 0.491 e. The first-order valence-electron chi connectivity index (χ1n) is 11.0. The van der Waals surface area contributed by atoms with Crippen molar-refractivity contribution in [2.24, 2.45) is 0 Å². The molecule has 2 aromatic carbocycles. The van der Waals surface area contributed by atoms with Crippen LogP contribution in [0.3, 0.4) is 0 Å². The van der Waals surface area contributed by atoms with Gasteiger partial charge in [0, 0.05) is 25.3 Å². The second kappa shape index (κ2) is 10.1. The molecule has 0 spiro atoms. The summed E-state index contributed by atoms with van der Waals surface area (Å²) in [4.78, 5) is 23.1. The first-order chi connectivity index (χ1) is 16.4. The number of amides is 1. The maximum Gasteiger partial charge on any atom is 0.253 e. The molecule has 0 saturated heterocycles. The highest BCUT2D eigenvalue weighted by atomic mass is 35.5. The van der Waals surface area contributed by atoms with Gasteiger partial charge in [-0.05, 0) is 50.6 Å². The summed E-state index contributed by atoms with van der Waals surface area (Å²) >= 11 is 6.27. The summed E-state index contributed by atoms with van der Waals surface area (Å²) in [7, 11) is 1.47. The van der Waals surface area contributed by atoms with Gasteiger partial charge in [-0.1, -0.05) is 17.7 Å². The first-order valence-corrected chi connectivity index (χ1v) is 11.4. The van der Waals surface area contributed by atoms with Crippen molar-refractivity contribution < 1.29 is 13.9 Å². The van der Waals surface area contributed by atoms with Crippen LogP contribution in [0.1, 0.15) is 30.6 Å². The van der Waals surface area contributed by atoms with Crippen LogP contribution in [0, 0.1) is 5.82 Å². The number of para-hydroxylation sites is 1. The molecule has 0 saturated carbocycles. The summed E-state index contributed by atoms with van der Waals surface area (Å²) < 4.78 is 20.4. The number of halogens is 2. The summed E-state index contributed by atoms with van der Waals surface area (Å²) in [5, 5.41) is 8.69. The van der Waals surface area contributed by atoms with Gasteiger partial charge in [0.2, 0.25) is 5.95 Å². The van der Waals surface area contributed by atoms with E-state index < -0.39 is 11.7 Å². The summed E-state index contributed by atoms with van der Waals surface area (Å²) in [6.07, 6.45) is 2.35. The summed E-state index contributed by atoms with van der Waals surface area (Å²) in [5.41, 5.74) is 1.86. The Balaban J connectivity index is 1.63. The van der Waals surface area contributed by atoms with Crippen LogP contribution in [0.2, 0.25) is 5.02 Å². The molecule has 1 aromatic heterocycles. The number of ether oxygens (including phenoxy) is 1. The highest BCUT2D eigenvalue weighted by Crippen LogP contribution is 2.36. The van der Waals surface area contributed by atoms with Crippen molar-refractivity contribution in [1.82, 2.24) is 15.3 Å². The van der Waals surface area contributed by atoms with Gasteiger partial charge in [0.15, 0.2) is 5.82 Å². The molecular formula is C24H26ClFN6O2. The van der Waals surface area contributed by atoms with Gasteiger partial charge in [-0.25, -0.2) is 9.37 Å². The van der Waals surface area contributed by atoms with E-state index in [0.717, 1.165) is 30.1 Å². The Kier molecular flexibility index (Phi) is 7.02. The third-order valence-corrected chi connectivity index (χ3v) is 5.70. The molecule has 8 nitrogen and oxygen atoms in total. The normalized spacial score (nSPS) is 13.1. The molecule has 0 atom stereocenters. The van der Waals surface area contributed by atoms with Crippen LogP contribution in [0.15, 0.2) is 42.6 Å². The SMILES string of the molecule is CNC(=O)c1cccc(F)c1Nc1nc(Nc2ccc3c(c2)N(C(C)C)CCCO3)ncc1Cl. The van der Waals surface area contributed by atoms with E-state index in [0.29, 0.717) is 12.6 Å². The van der Waals surface area contributed by atoms with Gasteiger partial charge in [-0.15, -0.1) is 0 Å². The van der Waals surface area contributed by atoms with E-state index in [1.165, 1.54) is 31.4 Å². The van der Waals surface area contributed by atoms with Crippen molar-refractivity contribution in [3.63, 3.8) is 0 Å². The van der Waals surface area contributed by atoms with Gasteiger partial charge < -0.3 is 25.6 Å². The van der Waals surface area contributed by atoms with E-state index in [4.69, 9.17) is 16.3 Å². The molecule has 1 amide bonds. The number of anilines is 5. The number of hydrogen-bond donors (Lipinski definition) is 3. The lowest BCUT2D eigenvalue weighted by atomic mass is 10.1. The Hall–Kier alpha value is -3.59. The van der Waals surface area contributed by atoms with Crippen LogP contribution in [-0.4, -0.2) is 42.1 Å². The van der Waals surface area contributed by atoms with Crippen molar-refractivity contribution in [3.05, 3.63) is 59.0 Å². The molecule has 3 aromatic rings. The van der Waals surface area contributed by atoms with E-state index in [-0.39, 0.29) is 28.0 Å². The number of fused-ring (bicyclic) bond motifs is 1. The number of rotatable bonds is 6.